The first kappa shape index (κ1) is 47.3. The number of benzene rings is 12. The first-order valence-electron chi connectivity index (χ1n) is 26.3. The van der Waals surface area contributed by atoms with Crippen molar-refractivity contribution in [1.29, 1.82) is 0 Å². The van der Waals surface area contributed by atoms with Gasteiger partial charge in [0.05, 0.1) is 33.4 Å². The summed E-state index contributed by atoms with van der Waals surface area (Å²) >= 11 is 3.51. The summed E-state index contributed by atoms with van der Waals surface area (Å²) in [5.41, 5.74) is 12.3. The monoisotopic (exact) mass is 1110 g/mol. The Morgan fingerprint density at radius 3 is 1.06 bits per heavy atom. The van der Waals surface area contributed by atoms with Gasteiger partial charge >= 0.3 is 0 Å². The summed E-state index contributed by atoms with van der Waals surface area (Å²) in [7, 11) is -6.14. The molecule has 12 aromatic carbocycles. The molecular weight excluding hydrogens is 1070 g/mol. The maximum Gasteiger partial charge on any atom is 0.175 e. The zero-order chi connectivity index (χ0) is 52.8. The van der Waals surface area contributed by atoms with E-state index < -0.39 is 14.3 Å². The number of para-hydroxylation sites is 4. The Bertz CT molecular complexity index is 4790. The predicted octanol–water partition coefficient (Wildman–Crippen LogP) is 15.7. The van der Waals surface area contributed by atoms with Gasteiger partial charge in [0.15, 0.2) is 14.3 Å². The molecule has 4 heterocycles. The molecule has 14 aromatic rings. The Morgan fingerprint density at radius 1 is 0.304 bits per heavy atom. The molecule has 9 heteroatoms. The van der Waals surface area contributed by atoms with Gasteiger partial charge in [0.1, 0.15) is 11.6 Å². The molecule has 2 atom stereocenters. The van der Waals surface area contributed by atoms with Crippen molar-refractivity contribution in [2.45, 2.75) is 0 Å². The predicted molar refractivity (Wildman–Crippen MR) is 332 cm³/mol. The molecule has 374 valence electrons. The van der Waals surface area contributed by atoms with Crippen molar-refractivity contribution in [3.63, 3.8) is 0 Å². The van der Waals surface area contributed by atoms with Crippen LogP contribution in [0.25, 0.3) is 100 Å². The van der Waals surface area contributed by atoms with E-state index in [0.29, 0.717) is 0 Å². The lowest BCUT2D eigenvalue weighted by atomic mass is 9.86. The number of imidazole rings is 2. The maximum atomic E-state index is 15.3. The van der Waals surface area contributed by atoms with E-state index in [1.165, 1.54) is 38.2 Å². The quantitative estimate of drug-likeness (QED) is 0.123. The molecule has 2 aliphatic heterocycles. The highest BCUT2D eigenvalue weighted by atomic mass is 79.9. The summed E-state index contributed by atoms with van der Waals surface area (Å²) in [6.45, 7) is 0. The second-order valence-electron chi connectivity index (χ2n) is 20.0. The van der Waals surface area contributed by atoms with Gasteiger partial charge in [-0.2, -0.15) is 0 Å². The van der Waals surface area contributed by atoms with E-state index >= 15 is 4.57 Å². The van der Waals surface area contributed by atoms with Crippen molar-refractivity contribution >= 4 is 106 Å². The van der Waals surface area contributed by atoms with Crippen LogP contribution in [0.2, 0.25) is 0 Å². The summed E-state index contributed by atoms with van der Waals surface area (Å²) < 4.78 is 35.5. The second kappa shape index (κ2) is 18.6. The summed E-state index contributed by atoms with van der Waals surface area (Å²) in [5.74, 6) is 1.70. The zero-order valence-electron chi connectivity index (χ0n) is 42.4. The molecule has 0 amide bonds. The summed E-state index contributed by atoms with van der Waals surface area (Å²) in [6, 6.07) is 93.0. The van der Waals surface area contributed by atoms with E-state index in [0.717, 1.165) is 98.1 Å². The van der Waals surface area contributed by atoms with Crippen LogP contribution < -0.4 is 31.8 Å². The fraction of sp³-hybridized carbons (Fsp3) is 0. The number of hydrogen-bond donors (Lipinski definition) is 0. The number of aromatic nitrogens is 4. The zero-order valence-corrected chi connectivity index (χ0v) is 45.7. The topological polar surface area (TPSA) is 69.8 Å². The Balaban J connectivity index is 0.000000154. The summed E-state index contributed by atoms with van der Waals surface area (Å²) in [6.07, 6.45) is 0. The largest absolute Gasteiger partial charge is 0.308 e. The molecule has 0 saturated heterocycles. The summed E-state index contributed by atoms with van der Waals surface area (Å²) in [5, 5.41) is 10.00. The highest BCUT2D eigenvalue weighted by Crippen LogP contribution is 2.52. The normalized spacial score (nSPS) is 15.9. The molecule has 0 bridgehead atoms. The number of rotatable bonds is 6. The van der Waals surface area contributed by atoms with Gasteiger partial charge in [-0.3, -0.25) is 9.13 Å². The van der Waals surface area contributed by atoms with Crippen LogP contribution in [0.1, 0.15) is 0 Å². The van der Waals surface area contributed by atoms with E-state index in [-0.39, 0.29) is 0 Å². The van der Waals surface area contributed by atoms with Crippen molar-refractivity contribution in [2.75, 3.05) is 0 Å². The van der Waals surface area contributed by atoms with Crippen molar-refractivity contribution in [3.8, 4) is 56.4 Å². The van der Waals surface area contributed by atoms with Crippen LogP contribution in [-0.4, -0.2) is 19.1 Å². The Hall–Kier alpha value is -8.96. The van der Waals surface area contributed by atoms with Gasteiger partial charge in [-0.15, -0.1) is 0 Å². The average Bonchev–Trinajstić information content (AvgIpc) is 3.81. The third kappa shape index (κ3) is 7.24. The fourth-order valence-corrected chi connectivity index (χ4v) is 18.5. The first-order chi connectivity index (χ1) is 38.9. The van der Waals surface area contributed by atoms with Gasteiger partial charge in [-0.25, -0.2) is 9.97 Å². The molecule has 0 aliphatic carbocycles. The lowest BCUT2D eigenvalue weighted by Gasteiger charge is -2.29. The molecule has 2 aromatic heterocycles. The van der Waals surface area contributed by atoms with E-state index in [1.54, 1.807) is 0 Å². The second-order valence-corrected chi connectivity index (χ2v) is 26.3. The molecule has 16 rings (SSSR count). The van der Waals surface area contributed by atoms with Gasteiger partial charge in [-0.05, 0) is 104 Å². The molecule has 79 heavy (non-hydrogen) atoms. The lowest BCUT2D eigenvalue weighted by Crippen LogP contribution is -2.32. The minimum absolute atomic E-state index is 0.835. The van der Waals surface area contributed by atoms with Gasteiger partial charge in [0, 0.05) is 47.4 Å². The van der Waals surface area contributed by atoms with Crippen molar-refractivity contribution in [2.24, 2.45) is 0 Å². The van der Waals surface area contributed by atoms with Crippen LogP contribution >= 0.6 is 30.2 Å². The molecule has 2 aliphatic rings. The third-order valence-electron chi connectivity index (χ3n) is 15.7. The van der Waals surface area contributed by atoms with E-state index in [9.17, 15) is 4.57 Å². The smallest absolute Gasteiger partial charge is 0.175 e. The highest BCUT2D eigenvalue weighted by molar-refractivity contribution is 9.10. The Labute approximate surface area is 464 Å². The molecule has 0 N–H and O–H groups in total. The molecule has 0 spiro atoms. The standard InChI is InChI=1S/C45H29N2OP.C25H16BrN2OP/c48-49(33-16-5-2-6-17-33)40-24-12-11-23-39(40)47-44-38(22-13-25-41(44)49)46-45(47)32-28-26-31(27-29-32)43-36-20-9-7-18-34(36)42(30-14-3-1-4-15-30)35-19-8-10-21-37(35)43;26-18-15-13-17(14-16-18)25-27-20-9-6-12-23-24(20)28(25)21-10-4-5-11-22(21)30(23,29)19-7-2-1-3-8-19/h1-29H;1-16H. The molecule has 6 nitrogen and oxygen atoms in total. The third-order valence-corrected chi connectivity index (χ3v) is 22.5. The highest BCUT2D eigenvalue weighted by Gasteiger charge is 2.41. The Kier molecular flexibility index (Phi) is 11.1. The van der Waals surface area contributed by atoms with Crippen LogP contribution in [0.15, 0.2) is 277 Å². The van der Waals surface area contributed by atoms with E-state index in [4.69, 9.17) is 9.97 Å². The van der Waals surface area contributed by atoms with Gasteiger partial charge in [-0.1, -0.05) is 228 Å². The van der Waals surface area contributed by atoms with Gasteiger partial charge in [0.2, 0.25) is 0 Å². The fourth-order valence-electron chi connectivity index (χ4n) is 12.3. The average molecular weight is 1120 g/mol. The minimum Gasteiger partial charge on any atom is -0.308 e. The van der Waals surface area contributed by atoms with E-state index in [1.807, 2.05) is 152 Å². The van der Waals surface area contributed by atoms with Crippen molar-refractivity contribution in [1.82, 2.24) is 19.1 Å². The molecular formula is C70H45BrN4O2P2. The number of halogens is 1. The van der Waals surface area contributed by atoms with Gasteiger partial charge < -0.3 is 9.13 Å². The van der Waals surface area contributed by atoms with Crippen LogP contribution in [0.4, 0.5) is 0 Å². The number of nitrogens with zero attached hydrogens (tertiary/aromatic N) is 4. The van der Waals surface area contributed by atoms with Crippen LogP contribution in [0.3, 0.4) is 0 Å². The molecule has 0 saturated carbocycles. The molecule has 0 radical (unpaired) electrons. The van der Waals surface area contributed by atoms with Crippen LogP contribution in [-0.2, 0) is 9.13 Å². The maximum absolute atomic E-state index is 15.3. The van der Waals surface area contributed by atoms with Crippen LogP contribution in [0, 0.1) is 0 Å². The Morgan fingerprint density at radius 2 is 0.633 bits per heavy atom. The van der Waals surface area contributed by atoms with Crippen LogP contribution in [0.5, 0.6) is 0 Å². The van der Waals surface area contributed by atoms with E-state index in [2.05, 4.69) is 146 Å². The van der Waals surface area contributed by atoms with Crippen molar-refractivity contribution in [3.05, 3.63) is 277 Å². The molecule has 0 fully saturated rings. The summed E-state index contributed by atoms with van der Waals surface area (Å²) in [4.78, 5) is 10.2. The van der Waals surface area contributed by atoms with Crippen molar-refractivity contribution < 1.29 is 9.13 Å². The van der Waals surface area contributed by atoms with Gasteiger partial charge in [0.25, 0.3) is 0 Å². The number of fused-ring (bicyclic) bond motifs is 6. The first-order valence-corrected chi connectivity index (χ1v) is 30.5. The SMILES string of the molecule is O=P1(c2ccccc2)c2ccccc2-n2c(-c3ccc(-c4c5ccccc5c(-c5ccccc5)c5ccccc45)cc3)nc3cccc1c32.O=P1(c2ccccc2)c2ccccc2-n2c(-c3ccc(Br)cc3)nc3cccc1c32. The molecule has 2 unspecified atom stereocenters. The minimum atomic E-state index is -3.12. The lowest BCUT2D eigenvalue weighted by molar-refractivity contribution is 0.591. The number of hydrogen-bond acceptors (Lipinski definition) is 4.